The highest BCUT2D eigenvalue weighted by Gasteiger charge is 2.20. The Hall–Kier alpha value is -6.96. The van der Waals surface area contributed by atoms with Gasteiger partial charge in [0, 0.05) is 47.2 Å². The predicted molar refractivity (Wildman–Crippen MR) is 200 cm³/mol. The zero-order valence-corrected chi connectivity index (χ0v) is 29.6. The zero-order valence-electron chi connectivity index (χ0n) is 29.6. The standard InChI is InChI=1S/C21H18FN5.C20H16FN5O/c1-3-14(2)27-13-25-20(15-4-7-17(22)8-5-15)21(27)16-6-9-19-24-11-18(10-23)26(19)12-16;1-13(27)10-25-12-24-19(14-2-5-16(21)6-3-14)20(25)15-4-7-18-23-9-17(8-22)26(18)11-15/h4-9,11-14H,3H2,1-2H3;2-7,9,11-13,27H,10H2,1H3/t;13-/m.1/s1. The van der Waals surface area contributed by atoms with E-state index in [0.717, 1.165) is 45.8 Å². The highest BCUT2D eigenvalue weighted by atomic mass is 19.1. The van der Waals surface area contributed by atoms with Crippen molar-refractivity contribution >= 4 is 11.3 Å². The average Bonchev–Trinajstić information content (AvgIpc) is 3.99. The van der Waals surface area contributed by atoms with E-state index in [1.165, 1.54) is 30.5 Å². The van der Waals surface area contributed by atoms with Crippen LogP contribution in [-0.4, -0.2) is 49.1 Å². The van der Waals surface area contributed by atoms with Crippen molar-refractivity contribution in [3.8, 4) is 57.2 Å². The van der Waals surface area contributed by atoms with Crippen LogP contribution in [0.15, 0.2) is 110 Å². The largest absolute Gasteiger partial charge is 0.392 e. The second-order valence-corrected chi connectivity index (χ2v) is 12.9. The summed E-state index contributed by atoms with van der Waals surface area (Å²) in [5, 5.41) is 28.5. The number of pyridine rings is 2. The van der Waals surface area contributed by atoms with E-state index in [1.807, 2.05) is 47.6 Å². The van der Waals surface area contributed by atoms with Crippen LogP contribution in [0.25, 0.3) is 56.3 Å². The fourth-order valence-corrected chi connectivity index (χ4v) is 6.33. The van der Waals surface area contributed by atoms with Gasteiger partial charge in [0.2, 0.25) is 0 Å². The van der Waals surface area contributed by atoms with E-state index in [0.29, 0.717) is 34.9 Å². The van der Waals surface area contributed by atoms with Crippen LogP contribution in [0.3, 0.4) is 0 Å². The third-order valence-corrected chi connectivity index (χ3v) is 9.18. The number of nitrogens with zero attached hydrogens (tertiary/aromatic N) is 10. The number of hydrogen-bond acceptors (Lipinski definition) is 7. The normalized spacial score (nSPS) is 12.2. The summed E-state index contributed by atoms with van der Waals surface area (Å²) in [7, 11) is 0. The lowest BCUT2D eigenvalue weighted by Crippen LogP contribution is -2.12. The summed E-state index contributed by atoms with van der Waals surface area (Å²) in [6.07, 6.45) is 10.7. The van der Waals surface area contributed by atoms with E-state index in [9.17, 15) is 24.4 Å². The number of aliphatic hydroxyl groups excluding tert-OH is 1. The van der Waals surface area contributed by atoms with Crippen LogP contribution < -0.4 is 0 Å². The van der Waals surface area contributed by atoms with Crippen LogP contribution in [0.5, 0.6) is 0 Å². The first-order valence-electron chi connectivity index (χ1n) is 17.3. The van der Waals surface area contributed by atoms with Crippen molar-refractivity contribution in [2.75, 3.05) is 0 Å². The van der Waals surface area contributed by atoms with Gasteiger partial charge in [0.25, 0.3) is 0 Å². The number of aliphatic hydroxyl groups is 1. The number of halogens is 2. The van der Waals surface area contributed by atoms with Gasteiger partial charge in [0.15, 0.2) is 0 Å². The topological polar surface area (TPSA) is 138 Å². The molecule has 54 heavy (non-hydrogen) atoms. The van der Waals surface area contributed by atoms with Gasteiger partial charge in [-0.15, -0.1) is 0 Å². The van der Waals surface area contributed by atoms with E-state index in [1.54, 1.807) is 52.5 Å². The second-order valence-electron chi connectivity index (χ2n) is 12.9. The van der Waals surface area contributed by atoms with Crippen LogP contribution in [0.1, 0.15) is 44.6 Å². The summed E-state index contributed by atoms with van der Waals surface area (Å²) in [5.74, 6) is -0.595. The molecule has 0 bridgehead atoms. The van der Waals surface area contributed by atoms with Gasteiger partial charge < -0.3 is 14.2 Å². The Morgan fingerprint density at radius 1 is 0.648 bits per heavy atom. The summed E-state index contributed by atoms with van der Waals surface area (Å²) >= 11 is 0. The molecule has 8 aromatic rings. The van der Waals surface area contributed by atoms with Crippen LogP contribution in [0, 0.1) is 34.3 Å². The minimum Gasteiger partial charge on any atom is -0.392 e. The van der Waals surface area contributed by atoms with Crippen molar-refractivity contribution in [3.05, 3.63) is 133 Å². The Bertz CT molecular complexity index is 2670. The summed E-state index contributed by atoms with van der Waals surface area (Å²) in [6.45, 7) is 6.32. The third kappa shape index (κ3) is 6.84. The second kappa shape index (κ2) is 14.9. The molecule has 8 rings (SSSR count). The third-order valence-electron chi connectivity index (χ3n) is 9.18. The maximum atomic E-state index is 13.4. The number of benzene rings is 2. The average molecular weight is 721 g/mol. The summed E-state index contributed by atoms with van der Waals surface area (Å²) in [5.41, 5.74) is 8.82. The molecule has 0 aliphatic rings. The van der Waals surface area contributed by atoms with Gasteiger partial charge in [-0.05, 0) is 93.1 Å². The molecule has 0 aliphatic carbocycles. The number of fused-ring (bicyclic) bond motifs is 2. The van der Waals surface area contributed by atoms with E-state index < -0.39 is 6.10 Å². The molecule has 2 aromatic carbocycles. The minimum absolute atomic E-state index is 0.246. The summed E-state index contributed by atoms with van der Waals surface area (Å²) in [6, 6.07) is 24.6. The molecule has 1 N–H and O–H groups in total. The maximum absolute atomic E-state index is 13.4. The SMILES string of the molecule is CCC(C)n1cnc(-c2ccc(F)cc2)c1-c1ccc2ncc(C#N)n2c1.C[C@@H](O)Cn1cnc(-c2ccc(F)cc2)c1-c1ccc2ncc(C#N)n2c1. The Labute approximate surface area is 309 Å². The van der Waals surface area contributed by atoms with Crippen LogP contribution in [0.4, 0.5) is 8.78 Å². The summed E-state index contributed by atoms with van der Waals surface area (Å²) in [4.78, 5) is 17.6. The van der Waals surface area contributed by atoms with Crippen molar-refractivity contribution in [3.63, 3.8) is 0 Å². The molecule has 0 amide bonds. The van der Waals surface area contributed by atoms with Gasteiger partial charge in [-0.25, -0.2) is 28.7 Å². The monoisotopic (exact) mass is 720 g/mol. The molecule has 11 nitrogen and oxygen atoms in total. The molecule has 6 aromatic heterocycles. The van der Waals surface area contributed by atoms with E-state index in [4.69, 9.17) is 0 Å². The zero-order chi connectivity index (χ0) is 37.9. The first kappa shape index (κ1) is 35.4. The number of rotatable bonds is 8. The molecular formula is C41H34F2N10O. The van der Waals surface area contributed by atoms with Crippen molar-refractivity contribution in [1.82, 2.24) is 37.9 Å². The van der Waals surface area contributed by atoms with E-state index in [-0.39, 0.29) is 17.7 Å². The maximum Gasteiger partial charge on any atom is 0.144 e. The van der Waals surface area contributed by atoms with Gasteiger partial charge >= 0.3 is 0 Å². The van der Waals surface area contributed by atoms with E-state index >= 15 is 0 Å². The fourth-order valence-electron chi connectivity index (χ4n) is 6.33. The molecule has 2 atom stereocenters. The molecule has 0 saturated carbocycles. The lowest BCUT2D eigenvalue weighted by atomic mass is 10.0. The fraction of sp³-hybridized carbons (Fsp3) is 0.171. The first-order valence-corrected chi connectivity index (χ1v) is 17.3. The van der Waals surface area contributed by atoms with Gasteiger partial charge in [-0.3, -0.25) is 8.80 Å². The number of hydrogen-bond donors (Lipinski definition) is 1. The highest BCUT2D eigenvalue weighted by Crippen LogP contribution is 2.35. The lowest BCUT2D eigenvalue weighted by molar-refractivity contribution is 0.174. The Morgan fingerprint density at radius 2 is 1.11 bits per heavy atom. The molecule has 0 spiro atoms. The molecular weight excluding hydrogens is 687 g/mol. The smallest absolute Gasteiger partial charge is 0.144 e. The number of aromatic nitrogens is 8. The molecule has 268 valence electrons. The lowest BCUT2D eigenvalue weighted by Gasteiger charge is -2.16. The number of imidazole rings is 4. The molecule has 1 unspecified atom stereocenters. The molecule has 0 aliphatic heterocycles. The Kier molecular flexibility index (Phi) is 9.81. The van der Waals surface area contributed by atoms with Gasteiger partial charge in [0.1, 0.15) is 46.5 Å². The van der Waals surface area contributed by atoms with Crippen LogP contribution in [-0.2, 0) is 6.54 Å². The molecule has 0 fully saturated rings. The van der Waals surface area contributed by atoms with Crippen molar-refractivity contribution in [1.29, 1.82) is 10.5 Å². The summed E-state index contributed by atoms with van der Waals surface area (Å²) < 4.78 is 34.2. The quantitative estimate of drug-likeness (QED) is 0.167. The van der Waals surface area contributed by atoms with Gasteiger partial charge in [0.05, 0.1) is 53.9 Å². The van der Waals surface area contributed by atoms with Crippen molar-refractivity contribution in [2.45, 2.75) is 45.9 Å². The van der Waals surface area contributed by atoms with Crippen LogP contribution >= 0.6 is 0 Å². The first-order chi connectivity index (χ1) is 26.2. The predicted octanol–water partition coefficient (Wildman–Crippen LogP) is 8.10. The van der Waals surface area contributed by atoms with Crippen molar-refractivity contribution in [2.24, 2.45) is 0 Å². The minimum atomic E-state index is -0.564. The highest BCUT2D eigenvalue weighted by molar-refractivity contribution is 5.80. The number of nitriles is 2. The Morgan fingerprint density at radius 3 is 1.59 bits per heavy atom. The molecule has 13 heteroatoms. The van der Waals surface area contributed by atoms with Crippen molar-refractivity contribution < 1.29 is 13.9 Å². The molecule has 6 heterocycles. The van der Waals surface area contributed by atoms with Gasteiger partial charge in [-0.2, -0.15) is 10.5 Å². The van der Waals surface area contributed by atoms with Gasteiger partial charge in [-0.1, -0.05) is 6.92 Å². The van der Waals surface area contributed by atoms with E-state index in [2.05, 4.69) is 50.5 Å². The molecule has 0 radical (unpaired) electrons. The Balaban J connectivity index is 0.000000167. The molecule has 0 saturated heterocycles. The van der Waals surface area contributed by atoms with Crippen LogP contribution in [0.2, 0.25) is 0 Å².